The van der Waals surface area contributed by atoms with Crippen LogP contribution in [0.15, 0.2) is 69.7 Å². The number of hydrogen-bond donors (Lipinski definition) is 0. The summed E-state index contributed by atoms with van der Waals surface area (Å²) in [6.07, 6.45) is 3.18. The van der Waals surface area contributed by atoms with Gasteiger partial charge in [0.1, 0.15) is 35.3 Å². The number of hydrogen-bond acceptors (Lipinski definition) is 8. The number of aromatic nitrogens is 2. The molecule has 2 heterocycles. The summed E-state index contributed by atoms with van der Waals surface area (Å²) < 4.78 is 33.3. The van der Waals surface area contributed by atoms with Crippen molar-refractivity contribution in [3.8, 4) is 11.5 Å². The molecule has 0 aliphatic carbocycles. The predicted octanol–water partition coefficient (Wildman–Crippen LogP) is 5.69. The first-order chi connectivity index (χ1) is 18.6. The van der Waals surface area contributed by atoms with E-state index in [0.717, 1.165) is 53.7 Å². The molecule has 2 aromatic carbocycles. The largest absolute Gasteiger partial charge is 0.494 e. The van der Waals surface area contributed by atoms with Gasteiger partial charge < -0.3 is 28.0 Å². The highest BCUT2D eigenvalue weighted by Crippen LogP contribution is 2.15. The second-order valence-corrected chi connectivity index (χ2v) is 9.14. The molecule has 2 aromatic heterocycles. The van der Waals surface area contributed by atoms with Crippen molar-refractivity contribution in [1.82, 2.24) is 10.3 Å². The Labute approximate surface area is 223 Å². The molecule has 38 heavy (non-hydrogen) atoms. The van der Waals surface area contributed by atoms with Gasteiger partial charge in [0.25, 0.3) is 0 Å². The Morgan fingerprint density at radius 3 is 2.13 bits per heavy atom. The highest BCUT2D eigenvalue weighted by Gasteiger charge is 2.06. The van der Waals surface area contributed by atoms with Crippen LogP contribution in [-0.4, -0.2) is 43.3 Å². The van der Waals surface area contributed by atoms with Gasteiger partial charge in [0, 0.05) is 31.4 Å². The van der Waals surface area contributed by atoms with Crippen molar-refractivity contribution in [2.75, 3.05) is 33.0 Å². The minimum Gasteiger partial charge on any atom is -0.494 e. The summed E-state index contributed by atoms with van der Waals surface area (Å²) in [4.78, 5) is 0. The van der Waals surface area contributed by atoms with Crippen LogP contribution in [0.4, 0.5) is 0 Å². The number of aryl methyl sites for hydroxylation is 4. The second-order valence-electron chi connectivity index (χ2n) is 9.14. The molecule has 0 radical (unpaired) electrons. The van der Waals surface area contributed by atoms with E-state index >= 15 is 0 Å². The van der Waals surface area contributed by atoms with Gasteiger partial charge in [-0.05, 0) is 50.1 Å². The molecule has 0 N–H and O–H groups in total. The van der Waals surface area contributed by atoms with Gasteiger partial charge in [-0.25, -0.2) is 0 Å². The van der Waals surface area contributed by atoms with Crippen LogP contribution in [0.2, 0.25) is 0 Å². The van der Waals surface area contributed by atoms with E-state index in [1.54, 1.807) is 0 Å². The summed E-state index contributed by atoms with van der Waals surface area (Å²) in [7, 11) is 0. The predicted molar refractivity (Wildman–Crippen MR) is 143 cm³/mol. The van der Waals surface area contributed by atoms with Crippen LogP contribution >= 0.6 is 0 Å². The van der Waals surface area contributed by atoms with Crippen molar-refractivity contribution in [3.63, 3.8) is 0 Å². The number of ether oxygens (including phenoxy) is 4. The molecule has 0 aliphatic heterocycles. The van der Waals surface area contributed by atoms with Gasteiger partial charge in [-0.3, -0.25) is 0 Å². The first kappa shape index (κ1) is 27.4. The topological polar surface area (TPSA) is 89.0 Å². The molecule has 202 valence electrons. The first-order valence-corrected chi connectivity index (χ1v) is 13.1. The third-order valence-electron chi connectivity index (χ3n) is 5.84. The molecule has 0 atom stereocenters. The summed E-state index contributed by atoms with van der Waals surface area (Å²) in [6, 6.07) is 20.1. The highest BCUT2D eigenvalue weighted by molar-refractivity contribution is 5.28. The summed E-state index contributed by atoms with van der Waals surface area (Å²) in [6.45, 7) is 7.23. The fraction of sp³-hybridized carbons (Fsp3) is 0.400. The maximum absolute atomic E-state index is 5.81. The zero-order chi connectivity index (χ0) is 26.4. The molecule has 0 unspecified atom stereocenters. The molecule has 8 heteroatoms. The number of rotatable bonds is 17. The Morgan fingerprint density at radius 2 is 1.37 bits per heavy atom. The fourth-order valence-electron chi connectivity index (χ4n) is 3.76. The van der Waals surface area contributed by atoms with Crippen molar-refractivity contribution in [2.45, 2.75) is 46.1 Å². The van der Waals surface area contributed by atoms with Crippen LogP contribution in [0.1, 0.15) is 40.5 Å². The average Bonchev–Trinajstić information content (AvgIpc) is 3.57. The molecule has 0 amide bonds. The first-order valence-electron chi connectivity index (χ1n) is 13.1. The van der Waals surface area contributed by atoms with Gasteiger partial charge in [0.15, 0.2) is 0 Å². The standard InChI is InChI=1S/C30H36N2O6/c1-23-4-9-28(10-5-23)36-19-18-33-17-14-26-21-30(38-31-26)13-8-25-6-11-29(12-7-25)35-16-3-15-34-22-27-20-24(2)37-32-27/h4-7,9-12,20-21H,3,8,13-19,22H2,1-2H3. The summed E-state index contributed by atoms with van der Waals surface area (Å²) >= 11 is 0. The van der Waals surface area contributed by atoms with E-state index in [0.29, 0.717) is 46.1 Å². The molecule has 4 rings (SSSR count). The lowest BCUT2D eigenvalue weighted by atomic mass is 10.1. The minimum absolute atomic E-state index is 0.455. The Hall–Kier alpha value is -3.62. The Morgan fingerprint density at radius 1 is 0.632 bits per heavy atom. The van der Waals surface area contributed by atoms with Gasteiger partial charge in [-0.15, -0.1) is 0 Å². The second kappa shape index (κ2) is 15.0. The molecule has 0 saturated carbocycles. The fourth-order valence-corrected chi connectivity index (χ4v) is 3.76. The number of benzene rings is 2. The molecule has 8 nitrogen and oxygen atoms in total. The van der Waals surface area contributed by atoms with Crippen molar-refractivity contribution >= 4 is 0 Å². The molecule has 4 aromatic rings. The lowest BCUT2D eigenvalue weighted by Gasteiger charge is -2.07. The molecular weight excluding hydrogens is 484 g/mol. The van der Waals surface area contributed by atoms with E-state index in [-0.39, 0.29) is 0 Å². The Kier molecular flexibility index (Phi) is 10.8. The van der Waals surface area contributed by atoms with Gasteiger partial charge in [0.05, 0.1) is 38.7 Å². The van der Waals surface area contributed by atoms with Crippen molar-refractivity contribution in [3.05, 3.63) is 94.7 Å². The van der Waals surface area contributed by atoms with Crippen LogP contribution in [0.3, 0.4) is 0 Å². The Bertz CT molecular complexity index is 1200. The molecular formula is C30H36N2O6. The van der Waals surface area contributed by atoms with Gasteiger partial charge >= 0.3 is 0 Å². The van der Waals surface area contributed by atoms with Crippen LogP contribution in [0, 0.1) is 13.8 Å². The maximum Gasteiger partial charge on any atom is 0.137 e. The van der Waals surface area contributed by atoms with E-state index < -0.39 is 0 Å². The molecule has 0 saturated heterocycles. The Balaban J connectivity index is 1.04. The normalized spacial score (nSPS) is 11.1. The van der Waals surface area contributed by atoms with Crippen LogP contribution < -0.4 is 9.47 Å². The molecule has 0 fully saturated rings. The summed E-state index contributed by atoms with van der Waals surface area (Å²) in [5.74, 6) is 3.38. The monoisotopic (exact) mass is 520 g/mol. The van der Waals surface area contributed by atoms with Crippen LogP contribution in [0.5, 0.6) is 11.5 Å². The van der Waals surface area contributed by atoms with Crippen molar-refractivity contribution in [2.24, 2.45) is 0 Å². The maximum atomic E-state index is 5.81. The lowest BCUT2D eigenvalue weighted by Crippen LogP contribution is -2.08. The number of nitrogens with zero attached hydrogens (tertiary/aromatic N) is 2. The van der Waals surface area contributed by atoms with Crippen molar-refractivity contribution in [1.29, 1.82) is 0 Å². The lowest BCUT2D eigenvalue weighted by molar-refractivity contribution is 0.101. The van der Waals surface area contributed by atoms with Gasteiger partial charge in [-0.1, -0.05) is 40.1 Å². The zero-order valence-corrected chi connectivity index (χ0v) is 22.2. The summed E-state index contributed by atoms with van der Waals surface area (Å²) in [5.41, 5.74) is 4.15. The third-order valence-corrected chi connectivity index (χ3v) is 5.84. The highest BCUT2D eigenvalue weighted by atomic mass is 16.5. The molecule has 0 bridgehead atoms. The van der Waals surface area contributed by atoms with E-state index in [2.05, 4.69) is 29.4 Å². The summed E-state index contributed by atoms with van der Waals surface area (Å²) in [5, 5.41) is 8.07. The van der Waals surface area contributed by atoms with Gasteiger partial charge in [-0.2, -0.15) is 0 Å². The zero-order valence-electron chi connectivity index (χ0n) is 22.2. The van der Waals surface area contributed by atoms with E-state index in [1.165, 1.54) is 11.1 Å². The minimum atomic E-state index is 0.455. The SMILES string of the molecule is Cc1ccc(OCCOCCc2cc(CCc3ccc(OCCCOCc4cc(C)on4)cc3)on2)cc1. The van der Waals surface area contributed by atoms with E-state index in [9.17, 15) is 0 Å². The van der Waals surface area contributed by atoms with Gasteiger partial charge in [0.2, 0.25) is 0 Å². The van der Waals surface area contributed by atoms with Crippen LogP contribution in [-0.2, 0) is 35.3 Å². The average molecular weight is 521 g/mol. The van der Waals surface area contributed by atoms with E-state index in [4.69, 9.17) is 28.0 Å². The van der Waals surface area contributed by atoms with Crippen LogP contribution in [0.25, 0.3) is 0 Å². The quantitative estimate of drug-likeness (QED) is 0.164. The smallest absolute Gasteiger partial charge is 0.137 e. The van der Waals surface area contributed by atoms with Crippen molar-refractivity contribution < 1.29 is 28.0 Å². The molecule has 0 aliphatic rings. The van der Waals surface area contributed by atoms with E-state index in [1.807, 2.05) is 55.5 Å². The molecule has 0 spiro atoms. The third kappa shape index (κ3) is 9.68.